The van der Waals surface area contributed by atoms with Crippen LogP contribution in [0.3, 0.4) is 0 Å². The summed E-state index contributed by atoms with van der Waals surface area (Å²) in [5.41, 5.74) is 0. The Balaban J connectivity index is 2.08. The molecule has 3 aromatic rings. The van der Waals surface area contributed by atoms with Gasteiger partial charge in [0.15, 0.2) is 0 Å². The highest BCUT2D eigenvalue weighted by Crippen LogP contribution is 2.35. The van der Waals surface area contributed by atoms with Crippen molar-refractivity contribution in [2.45, 2.75) is 34.6 Å². The maximum absolute atomic E-state index is 13.5. The van der Waals surface area contributed by atoms with Crippen molar-refractivity contribution in [3.8, 4) is 0 Å². The van der Waals surface area contributed by atoms with Crippen LogP contribution in [0.25, 0.3) is 0 Å². The zero-order chi connectivity index (χ0) is 18.7. The lowest BCUT2D eigenvalue weighted by atomic mass is 10.4. The summed E-state index contributed by atoms with van der Waals surface area (Å²) in [6.07, 6.45) is 1.85. The van der Waals surface area contributed by atoms with Gasteiger partial charge in [-0.3, -0.25) is 0 Å². The largest absolute Gasteiger partial charge is 0.337 e. The summed E-state index contributed by atoms with van der Waals surface area (Å²) in [5, 5.41) is 0. The molecule has 0 atom stereocenters. The van der Waals surface area contributed by atoms with Crippen LogP contribution in [0.2, 0.25) is 0 Å². The highest BCUT2D eigenvalue weighted by molar-refractivity contribution is 8.00. The van der Waals surface area contributed by atoms with E-state index in [4.69, 9.17) is 0 Å². The number of aromatic nitrogens is 1. The number of nitrogens with zero attached hydrogens (tertiary/aromatic N) is 2. The quantitative estimate of drug-likeness (QED) is 0.612. The fourth-order valence-corrected chi connectivity index (χ4v) is 5.89. The molecule has 0 unspecified atom stereocenters. The highest BCUT2D eigenvalue weighted by atomic mass is 32.2. The molecule has 1 aromatic heterocycles. The first-order chi connectivity index (χ1) is 12.4. The van der Waals surface area contributed by atoms with E-state index < -0.39 is 10.0 Å². The molecule has 0 aliphatic heterocycles. The zero-order valence-electron chi connectivity index (χ0n) is 15.0. The summed E-state index contributed by atoms with van der Waals surface area (Å²) < 4.78 is 30.4. The Hall–Kier alpha value is -2.18. The number of hydrogen-bond donors (Lipinski definition) is 0. The SMILES string of the molecule is CC(C)N(c1cccn1C)S(=O)(=O)c1ccccc1Sc1ccccc1. The number of aryl methyl sites for hydroxylation is 1. The Morgan fingerprint density at radius 3 is 2.19 bits per heavy atom. The topological polar surface area (TPSA) is 42.3 Å². The summed E-state index contributed by atoms with van der Waals surface area (Å²) in [6.45, 7) is 3.77. The minimum atomic E-state index is -3.70. The first-order valence-corrected chi connectivity index (χ1v) is 10.6. The molecule has 0 amide bonds. The van der Waals surface area contributed by atoms with E-state index in [-0.39, 0.29) is 6.04 Å². The molecule has 0 fully saturated rings. The van der Waals surface area contributed by atoms with Crippen molar-refractivity contribution in [3.05, 3.63) is 72.9 Å². The second kappa shape index (κ2) is 7.60. The second-order valence-corrected chi connectivity index (χ2v) is 9.13. The molecule has 2 aromatic carbocycles. The lowest BCUT2D eigenvalue weighted by molar-refractivity contribution is 0.580. The third-order valence-electron chi connectivity index (χ3n) is 3.97. The van der Waals surface area contributed by atoms with Crippen LogP contribution in [0.1, 0.15) is 13.8 Å². The van der Waals surface area contributed by atoms with Crippen LogP contribution in [-0.4, -0.2) is 19.0 Å². The molecular weight excluding hydrogens is 364 g/mol. The van der Waals surface area contributed by atoms with E-state index in [2.05, 4.69) is 0 Å². The van der Waals surface area contributed by atoms with Crippen LogP contribution < -0.4 is 4.31 Å². The summed E-state index contributed by atoms with van der Waals surface area (Å²) in [7, 11) is -1.85. The normalized spacial score (nSPS) is 11.7. The molecule has 0 bridgehead atoms. The minimum Gasteiger partial charge on any atom is -0.337 e. The van der Waals surface area contributed by atoms with E-state index in [0.29, 0.717) is 10.7 Å². The summed E-state index contributed by atoms with van der Waals surface area (Å²) in [6, 6.07) is 20.4. The molecule has 0 saturated carbocycles. The van der Waals surface area contributed by atoms with E-state index >= 15 is 0 Å². The summed E-state index contributed by atoms with van der Waals surface area (Å²) in [4.78, 5) is 2.05. The fraction of sp³-hybridized carbons (Fsp3) is 0.200. The predicted molar refractivity (Wildman–Crippen MR) is 107 cm³/mol. The van der Waals surface area contributed by atoms with E-state index in [0.717, 1.165) is 9.79 Å². The first-order valence-electron chi connectivity index (χ1n) is 8.39. The predicted octanol–water partition coefficient (Wildman–Crippen LogP) is 4.78. The van der Waals surface area contributed by atoms with E-state index in [1.807, 2.05) is 86.3 Å². The molecule has 26 heavy (non-hydrogen) atoms. The number of sulfonamides is 1. The Labute approximate surface area is 159 Å². The molecule has 136 valence electrons. The van der Waals surface area contributed by atoms with Gasteiger partial charge in [-0.15, -0.1) is 0 Å². The summed E-state index contributed by atoms with van der Waals surface area (Å²) in [5.74, 6) is 0.652. The second-order valence-electron chi connectivity index (χ2n) is 6.23. The molecule has 0 N–H and O–H groups in total. The maximum Gasteiger partial charge on any atom is 0.266 e. The van der Waals surface area contributed by atoms with Gasteiger partial charge in [0, 0.05) is 29.1 Å². The summed E-state index contributed by atoms with van der Waals surface area (Å²) >= 11 is 1.46. The molecule has 0 saturated heterocycles. The average Bonchev–Trinajstić information content (AvgIpc) is 3.01. The molecule has 3 rings (SSSR count). The molecular formula is C20H22N2O2S2. The van der Waals surface area contributed by atoms with Gasteiger partial charge in [0.2, 0.25) is 0 Å². The van der Waals surface area contributed by atoms with Crippen LogP contribution >= 0.6 is 11.8 Å². The number of rotatable bonds is 6. The lowest BCUT2D eigenvalue weighted by Crippen LogP contribution is -2.38. The third kappa shape index (κ3) is 3.66. The molecule has 6 heteroatoms. The van der Waals surface area contributed by atoms with E-state index in [9.17, 15) is 8.42 Å². The number of benzene rings is 2. The molecule has 4 nitrogen and oxygen atoms in total. The third-order valence-corrected chi connectivity index (χ3v) is 7.22. The van der Waals surface area contributed by atoms with Crippen molar-refractivity contribution >= 4 is 27.6 Å². The van der Waals surface area contributed by atoms with Gasteiger partial charge in [0.25, 0.3) is 10.0 Å². The van der Waals surface area contributed by atoms with Gasteiger partial charge in [-0.05, 0) is 50.2 Å². The van der Waals surface area contributed by atoms with Crippen molar-refractivity contribution in [1.82, 2.24) is 4.57 Å². The molecule has 0 aliphatic rings. The van der Waals surface area contributed by atoms with Gasteiger partial charge in [0.1, 0.15) is 10.7 Å². The Morgan fingerprint density at radius 2 is 1.58 bits per heavy atom. The average molecular weight is 387 g/mol. The molecule has 0 aliphatic carbocycles. The lowest BCUT2D eigenvalue weighted by Gasteiger charge is -2.29. The number of anilines is 1. The van der Waals surface area contributed by atoms with Crippen LogP contribution in [0.4, 0.5) is 5.82 Å². The highest BCUT2D eigenvalue weighted by Gasteiger charge is 2.31. The van der Waals surface area contributed by atoms with Crippen LogP contribution in [0.15, 0.2) is 87.6 Å². The van der Waals surface area contributed by atoms with Crippen LogP contribution in [0, 0.1) is 0 Å². The van der Waals surface area contributed by atoms with Crippen molar-refractivity contribution in [3.63, 3.8) is 0 Å². The van der Waals surface area contributed by atoms with Gasteiger partial charge < -0.3 is 4.57 Å². The molecule has 1 heterocycles. The molecule has 0 spiro atoms. The number of hydrogen-bond acceptors (Lipinski definition) is 3. The minimum absolute atomic E-state index is 0.205. The van der Waals surface area contributed by atoms with Crippen molar-refractivity contribution < 1.29 is 8.42 Å². The van der Waals surface area contributed by atoms with Crippen LogP contribution in [-0.2, 0) is 17.1 Å². The van der Waals surface area contributed by atoms with Gasteiger partial charge in [-0.25, -0.2) is 12.7 Å². The zero-order valence-corrected chi connectivity index (χ0v) is 16.7. The van der Waals surface area contributed by atoms with Gasteiger partial charge in [-0.1, -0.05) is 42.1 Å². The van der Waals surface area contributed by atoms with Gasteiger partial charge in [-0.2, -0.15) is 0 Å². The first kappa shape index (κ1) is 18.6. The van der Waals surface area contributed by atoms with Crippen molar-refractivity contribution in [1.29, 1.82) is 0 Å². The van der Waals surface area contributed by atoms with E-state index in [1.165, 1.54) is 16.1 Å². The smallest absolute Gasteiger partial charge is 0.266 e. The fourth-order valence-electron chi connectivity index (χ4n) is 2.82. The van der Waals surface area contributed by atoms with Crippen molar-refractivity contribution in [2.24, 2.45) is 7.05 Å². The monoisotopic (exact) mass is 386 g/mol. The Bertz CT molecular complexity index is 980. The Kier molecular flexibility index (Phi) is 5.44. The van der Waals surface area contributed by atoms with Crippen molar-refractivity contribution in [2.75, 3.05) is 4.31 Å². The standard InChI is InChI=1S/C20H22N2O2S2/c1-16(2)22(20-14-9-15-21(20)3)26(23,24)19-13-8-7-12-18(19)25-17-10-5-4-6-11-17/h4-16H,1-3H3. The van der Waals surface area contributed by atoms with E-state index in [1.54, 1.807) is 12.1 Å². The van der Waals surface area contributed by atoms with Gasteiger partial charge in [0.05, 0.1) is 0 Å². The van der Waals surface area contributed by atoms with Crippen LogP contribution in [0.5, 0.6) is 0 Å². The maximum atomic E-state index is 13.5. The van der Waals surface area contributed by atoms with Gasteiger partial charge >= 0.3 is 0 Å². The molecule has 0 radical (unpaired) electrons. The Morgan fingerprint density at radius 1 is 0.923 bits per heavy atom.